The Hall–Kier alpha value is -0.500. The van der Waals surface area contributed by atoms with E-state index < -0.39 is 0 Å². The number of hydrogen-bond acceptors (Lipinski definition) is 2. The zero-order chi connectivity index (χ0) is 8.34. The zero-order valence-electron chi connectivity index (χ0n) is 7.59. The molecule has 0 aromatic rings. The van der Waals surface area contributed by atoms with E-state index in [2.05, 4.69) is 13.8 Å². The van der Waals surface area contributed by atoms with Crippen molar-refractivity contribution in [2.75, 3.05) is 0 Å². The molecule has 0 aromatic heterocycles. The van der Waals surface area contributed by atoms with E-state index in [0.29, 0.717) is 0 Å². The topological polar surface area (TPSA) is 21.8 Å². The average molecular weight is 166 g/mol. The summed E-state index contributed by atoms with van der Waals surface area (Å²) in [5.41, 5.74) is 1.45. The molecule has 0 bridgehead atoms. The number of ether oxygens (including phenoxy) is 2. The third-order valence-corrected chi connectivity index (χ3v) is 3.35. The highest BCUT2D eigenvalue weighted by atomic mass is 16.8. The predicted octanol–water partition coefficient (Wildman–Crippen LogP) is 2.21. The minimum absolute atomic E-state index is 0.00449. The van der Waals surface area contributed by atoms with Crippen molar-refractivity contribution in [3.05, 3.63) is 11.3 Å². The van der Waals surface area contributed by atoms with Crippen LogP contribution < -0.4 is 0 Å². The molecule has 2 nitrogen and oxygen atoms in total. The van der Waals surface area contributed by atoms with Crippen LogP contribution in [0.3, 0.4) is 0 Å². The third kappa shape index (κ3) is 0.692. The van der Waals surface area contributed by atoms with Crippen LogP contribution in [0.25, 0.3) is 0 Å². The Labute approximate surface area is 72.5 Å². The molecular formula is C10H14O2. The van der Waals surface area contributed by atoms with Crippen LogP contribution in [-0.2, 0) is 9.47 Å². The number of hydrogen-bond donors (Lipinski definition) is 0. The standard InChI is InChI=1S/C10H14O2/c1-6-3-4-7-8(5-6)11-9-10(7,2)12-9/h6,9H,3-5H2,1-2H3/t6-,9?,10?/m1/s1. The molecule has 2 aliphatic heterocycles. The Bertz CT molecular complexity index is 269. The van der Waals surface area contributed by atoms with Crippen LogP contribution in [0.4, 0.5) is 0 Å². The first kappa shape index (κ1) is 6.96. The first-order chi connectivity index (χ1) is 5.70. The maximum atomic E-state index is 5.67. The summed E-state index contributed by atoms with van der Waals surface area (Å²) >= 11 is 0. The van der Waals surface area contributed by atoms with E-state index >= 15 is 0 Å². The Morgan fingerprint density at radius 1 is 1.50 bits per heavy atom. The lowest BCUT2D eigenvalue weighted by Gasteiger charge is -2.21. The third-order valence-electron chi connectivity index (χ3n) is 3.35. The van der Waals surface area contributed by atoms with Gasteiger partial charge < -0.3 is 9.47 Å². The van der Waals surface area contributed by atoms with Crippen LogP contribution in [0.2, 0.25) is 0 Å². The molecule has 0 radical (unpaired) electrons. The van der Waals surface area contributed by atoms with Gasteiger partial charge in [0.1, 0.15) is 5.76 Å². The van der Waals surface area contributed by atoms with Gasteiger partial charge in [0.15, 0.2) is 5.60 Å². The number of fused-ring (bicyclic) bond motifs is 2. The fraction of sp³-hybridized carbons (Fsp3) is 0.800. The highest BCUT2D eigenvalue weighted by molar-refractivity contribution is 5.34. The van der Waals surface area contributed by atoms with Crippen LogP contribution in [-0.4, -0.2) is 11.9 Å². The summed E-state index contributed by atoms with van der Waals surface area (Å²) in [6, 6.07) is 0. The van der Waals surface area contributed by atoms with E-state index in [-0.39, 0.29) is 11.9 Å². The van der Waals surface area contributed by atoms with Crippen LogP contribution in [0, 0.1) is 5.92 Å². The summed E-state index contributed by atoms with van der Waals surface area (Å²) < 4.78 is 11.1. The Kier molecular flexibility index (Phi) is 1.09. The molecule has 2 unspecified atom stereocenters. The van der Waals surface area contributed by atoms with Gasteiger partial charge in [-0.1, -0.05) is 6.92 Å². The number of rotatable bonds is 0. The maximum Gasteiger partial charge on any atom is 0.233 e. The summed E-state index contributed by atoms with van der Waals surface area (Å²) in [5, 5.41) is 0. The molecule has 0 spiro atoms. The highest BCUT2D eigenvalue weighted by Crippen LogP contribution is 2.55. The molecule has 1 aliphatic carbocycles. The van der Waals surface area contributed by atoms with Crippen molar-refractivity contribution >= 4 is 0 Å². The van der Waals surface area contributed by atoms with Crippen molar-refractivity contribution in [1.29, 1.82) is 0 Å². The molecule has 66 valence electrons. The second-order valence-electron chi connectivity index (χ2n) is 4.42. The number of epoxide rings is 1. The fourth-order valence-corrected chi connectivity index (χ4v) is 2.38. The van der Waals surface area contributed by atoms with E-state index in [4.69, 9.17) is 9.47 Å². The van der Waals surface area contributed by atoms with Crippen molar-refractivity contribution in [3.8, 4) is 0 Å². The van der Waals surface area contributed by atoms with Gasteiger partial charge in [-0.15, -0.1) is 0 Å². The Balaban J connectivity index is 1.95. The molecule has 1 fully saturated rings. The normalized spacial score (nSPS) is 49.8. The molecule has 2 heterocycles. The monoisotopic (exact) mass is 166 g/mol. The summed E-state index contributed by atoms with van der Waals surface area (Å²) in [5.74, 6) is 2.04. The van der Waals surface area contributed by atoms with Gasteiger partial charge in [-0.05, 0) is 25.7 Å². The molecule has 12 heavy (non-hydrogen) atoms. The van der Waals surface area contributed by atoms with Crippen molar-refractivity contribution < 1.29 is 9.47 Å². The van der Waals surface area contributed by atoms with E-state index in [0.717, 1.165) is 12.3 Å². The van der Waals surface area contributed by atoms with Crippen LogP contribution in [0.15, 0.2) is 11.3 Å². The van der Waals surface area contributed by atoms with Gasteiger partial charge in [-0.25, -0.2) is 0 Å². The Morgan fingerprint density at radius 3 is 3.17 bits per heavy atom. The van der Waals surface area contributed by atoms with E-state index in [1.54, 1.807) is 0 Å². The van der Waals surface area contributed by atoms with E-state index in [9.17, 15) is 0 Å². The minimum atomic E-state index is -0.00449. The second kappa shape index (κ2) is 1.87. The van der Waals surface area contributed by atoms with Crippen molar-refractivity contribution in [2.45, 2.75) is 45.0 Å². The summed E-state index contributed by atoms with van der Waals surface area (Å²) in [6.45, 7) is 4.44. The maximum absolute atomic E-state index is 5.67. The second-order valence-corrected chi connectivity index (χ2v) is 4.42. The van der Waals surface area contributed by atoms with Gasteiger partial charge in [-0.3, -0.25) is 0 Å². The molecule has 3 rings (SSSR count). The molecule has 0 aromatic carbocycles. The van der Waals surface area contributed by atoms with Crippen LogP contribution >= 0.6 is 0 Å². The molecule has 0 amide bonds. The summed E-state index contributed by atoms with van der Waals surface area (Å²) in [7, 11) is 0. The Morgan fingerprint density at radius 2 is 2.33 bits per heavy atom. The largest absolute Gasteiger partial charge is 0.466 e. The first-order valence-corrected chi connectivity index (χ1v) is 4.77. The molecule has 2 heteroatoms. The van der Waals surface area contributed by atoms with Gasteiger partial charge >= 0.3 is 0 Å². The fourth-order valence-electron chi connectivity index (χ4n) is 2.38. The molecule has 3 aliphatic rings. The van der Waals surface area contributed by atoms with Gasteiger partial charge in [0, 0.05) is 12.0 Å². The lowest BCUT2D eigenvalue weighted by molar-refractivity contribution is 0.0858. The lowest BCUT2D eigenvalue weighted by Crippen LogP contribution is -2.14. The smallest absolute Gasteiger partial charge is 0.233 e. The lowest BCUT2D eigenvalue weighted by atomic mass is 9.85. The minimum Gasteiger partial charge on any atom is -0.466 e. The van der Waals surface area contributed by atoms with Crippen molar-refractivity contribution in [3.63, 3.8) is 0 Å². The quantitative estimate of drug-likeness (QED) is 0.514. The molecule has 0 N–H and O–H groups in total. The predicted molar refractivity (Wildman–Crippen MR) is 44.4 cm³/mol. The van der Waals surface area contributed by atoms with Crippen LogP contribution in [0.5, 0.6) is 0 Å². The summed E-state index contributed by atoms with van der Waals surface area (Å²) in [6.07, 6.45) is 3.69. The van der Waals surface area contributed by atoms with Crippen molar-refractivity contribution in [2.24, 2.45) is 5.92 Å². The molecular weight excluding hydrogens is 152 g/mol. The van der Waals surface area contributed by atoms with Crippen LogP contribution in [0.1, 0.15) is 33.1 Å². The molecule has 0 saturated carbocycles. The van der Waals surface area contributed by atoms with Gasteiger partial charge in [0.2, 0.25) is 6.29 Å². The van der Waals surface area contributed by atoms with Gasteiger partial charge in [0.25, 0.3) is 0 Å². The molecule has 3 atom stereocenters. The average Bonchev–Trinajstić information content (AvgIpc) is 2.55. The van der Waals surface area contributed by atoms with Gasteiger partial charge in [-0.2, -0.15) is 0 Å². The van der Waals surface area contributed by atoms with E-state index in [1.807, 2.05) is 0 Å². The number of allylic oxidation sites excluding steroid dienone is 1. The summed E-state index contributed by atoms with van der Waals surface area (Å²) in [4.78, 5) is 0. The SMILES string of the molecule is C[C@@H]1CCC2=C(C1)OC1OC21C. The van der Waals surface area contributed by atoms with Gasteiger partial charge in [0.05, 0.1) is 0 Å². The van der Waals surface area contributed by atoms with Crippen molar-refractivity contribution in [1.82, 2.24) is 0 Å². The zero-order valence-corrected chi connectivity index (χ0v) is 7.59. The molecule has 1 saturated heterocycles. The highest BCUT2D eigenvalue weighted by Gasteiger charge is 2.63. The van der Waals surface area contributed by atoms with E-state index in [1.165, 1.54) is 24.2 Å². The first-order valence-electron chi connectivity index (χ1n) is 4.77.